The van der Waals surface area contributed by atoms with Gasteiger partial charge in [0.05, 0.1) is 12.2 Å². The van der Waals surface area contributed by atoms with Crippen molar-refractivity contribution in [2.45, 2.75) is 26.9 Å². The molecule has 2 amide bonds. The Labute approximate surface area is 175 Å². The Morgan fingerprint density at radius 1 is 1.20 bits per heavy atom. The summed E-state index contributed by atoms with van der Waals surface area (Å²) in [6.07, 6.45) is 1.26. The summed E-state index contributed by atoms with van der Waals surface area (Å²) >= 11 is 0. The Bertz CT molecular complexity index is 1020. The zero-order chi connectivity index (χ0) is 22.0. The van der Waals surface area contributed by atoms with Crippen LogP contribution in [-0.2, 0) is 22.6 Å². The number of fused-ring (bicyclic) bond motifs is 1. The molecule has 158 valence electrons. The Hall–Kier alpha value is -3.32. The van der Waals surface area contributed by atoms with Crippen molar-refractivity contribution in [3.05, 3.63) is 64.7 Å². The number of benzene rings is 2. The Kier molecular flexibility index (Phi) is 6.12. The van der Waals surface area contributed by atoms with Gasteiger partial charge in [-0.25, -0.2) is 0 Å². The molecule has 7 heteroatoms. The Morgan fingerprint density at radius 2 is 1.93 bits per heavy atom. The van der Waals surface area contributed by atoms with Crippen molar-refractivity contribution in [3.8, 4) is 11.5 Å². The normalized spacial score (nSPS) is 12.6. The van der Waals surface area contributed by atoms with E-state index >= 15 is 0 Å². The van der Waals surface area contributed by atoms with Crippen LogP contribution in [0.5, 0.6) is 11.5 Å². The van der Waals surface area contributed by atoms with E-state index in [1.807, 2.05) is 18.2 Å². The van der Waals surface area contributed by atoms with Crippen LogP contribution in [0.25, 0.3) is 0 Å². The van der Waals surface area contributed by atoms with Gasteiger partial charge in [0.15, 0.2) is 0 Å². The number of nitrogens with zero attached hydrogens (tertiary/aromatic N) is 2. The molecule has 3 rings (SSSR count). The molecule has 2 aromatic carbocycles. The molecule has 0 aromatic heterocycles. The van der Waals surface area contributed by atoms with E-state index in [-0.39, 0.29) is 28.9 Å². The number of ether oxygens (including phenoxy) is 1. The Balaban J connectivity index is 1.95. The lowest BCUT2D eigenvalue weighted by molar-refractivity contribution is -0.114. The highest BCUT2D eigenvalue weighted by Gasteiger charge is 2.31. The molecule has 0 spiro atoms. The number of phenols is 2. The molecule has 1 aliphatic rings. The quantitative estimate of drug-likeness (QED) is 0.715. The third kappa shape index (κ3) is 3.76. The molecule has 0 aliphatic carbocycles. The first-order chi connectivity index (χ1) is 14.3. The summed E-state index contributed by atoms with van der Waals surface area (Å²) in [7, 11) is 1.57. The summed E-state index contributed by atoms with van der Waals surface area (Å²) < 4.78 is 5.13. The molecular formula is C23H26N2O5. The highest BCUT2D eigenvalue weighted by molar-refractivity contribution is 6.02. The lowest BCUT2D eigenvalue weighted by Gasteiger charge is -2.24. The van der Waals surface area contributed by atoms with Gasteiger partial charge in [0.1, 0.15) is 11.5 Å². The minimum absolute atomic E-state index is 0.0507. The smallest absolute Gasteiger partial charge is 0.258 e. The fraction of sp³-hybridized carbons (Fsp3) is 0.304. The highest BCUT2D eigenvalue weighted by Crippen LogP contribution is 2.36. The van der Waals surface area contributed by atoms with E-state index in [4.69, 9.17) is 4.74 Å². The van der Waals surface area contributed by atoms with Gasteiger partial charge >= 0.3 is 0 Å². The number of phenolic OH excluding ortho intramolecular Hbond substituents is 2. The summed E-state index contributed by atoms with van der Waals surface area (Å²) in [5.41, 5.74) is 3.80. The predicted molar refractivity (Wildman–Crippen MR) is 114 cm³/mol. The molecule has 30 heavy (non-hydrogen) atoms. The number of anilines is 1. The fourth-order valence-corrected chi connectivity index (χ4v) is 3.75. The standard InChI is InChI=1S/C23H26N2O5/c1-5-21(28)25(9-10-30-4)18-8-6-7-16-12-24(13-17(16)18)23(29)22-15(3)14(2)19(26)11-20(22)27/h5-8,11,26-27H,1,9-10,12-13H2,2-4H3. The van der Waals surface area contributed by atoms with E-state index in [9.17, 15) is 19.8 Å². The molecule has 1 heterocycles. The minimum atomic E-state index is -0.325. The van der Waals surface area contributed by atoms with Crippen LogP contribution in [0.1, 0.15) is 32.6 Å². The molecule has 1 aliphatic heterocycles. The zero-order valence-electron chi connectivity index (χ0n) is 17.4. The maximum absolute atomic E-state index is 13.2. The van der Waals surface area contributed by atoms with E-state index in [1.165, 1.54) is 12.1 Å². The number of carbonyl (C=O) groups excluding carboxylic acids is 2. The van der Waals surface area contributed by atoms with Crippen LogP contribution >= 0.6 is 0 Å². The van der Waals surface area contributed by atoms with Gasteiger partial charge in [0.2, 0.25) is 5.91 Å². The lowest BCUT2D eigenvalue weighted by Crippen LogP contribution is -2.33. The number of carbonyl (C=O) groups is 2. The van der Waals surface area contributed by atoms with Crippen LogP contribution in [0.15, 0.2) is 36.9 Å². The van der Waals surface area contributed by atoms with E-state index in [0.717, 1.165) is 11.1 Å². The topological polar surface area (TPSA) is 90.3 Å². The summed E-state index contributed by atoms with van der Waals surface area (Å²) in [6.45, 7) is 8.38. The van der Waals surface area contributed by atoms with Crippen molar-refractivity contribution in [1.29, 1.82) is 0 Å². The summed E-state index contributed by atoms with van der Waals surface area (Å²) in [6, 6.07) is 6.82. The van der Waals surface area contributed by atoms with Crippen LogP contribution in [0.3, 0.4) is 0 Å². The summed E-state index contributed by atoms with van der Waals surface area (Å²) in [5.74, 6) is -0.868. The van der Waals surface area contributed by atoms with Gasteiger partial charge in [0.25, 0.3) is 5.91 Å². The van der Waals surface area contributed by atoms with Gasteiger partial charge in [-0.1, -0.05) is 18.7 Å². The maximum Gasteiger partial charge on any atom is 0.258 e. The monoisotopic (exact) mass is 410 g/mol. The fourth-order valence-electron chi connectivity index (χ4n) is 3.75. The number of hydrogen-bond acceptors (Lipinski definition) is 5. The number of aromatic hydroxyl groups is 2. The van der Waals surface area contributed by atoms with Gasteiger partial charge in [-0.15, -0.1) is 0 Å². The number of methoxy groups -OCH3 is 1. The minimum Gasteiger partial charge on any atom is -0.508 e. The van der Waals surface area contributed by atoms with Crippen LogP contribution in [0.4, 0.5) is 5.69 Å². The molecule has 2 N–H and O–H groups in total. The average Bonchev–Trinajstić information content (AvgIpc) is 3.17. The molecule has 0 bridgehead atoms. The number of rotatable bonds is 6. The third-order valence-corrected chi connectivity index (χ3v) is 5.56. The van der Waals surface area contributed by atoms with Crippen LogP contribution in [0, 0.1) is 13.8 Å². The number of hydrogen-bond donors (Lipinski definition) is 2. The molecule has 0 saturated carbocycles. The van der Waals surface area contributed by atoms with Crippen molar-refractivity contribution in [2.75, 3.05) is 25.2 Å². The van der Waals surface area contributed by atoms with Gasteiger partial charge in [-0.05, 0) is 42.7 Å². The summed E-state index contributed by atoms with van der Waals surface area (Å²) in [4.78, 5) is 28.9. The average molecular weight is 410 g/mol. The van der Waals surface area contributed by atoms with Crippen LogP contribution < -0.4 is 4.90 Å². The molecule has 0 radical (unpaired) electrons. The van der Waals surface area contributed by atoms with Crippen molar-refractivity contribution < 1.29 is 24.5 Å². The van der Waals surface area contributed by atoms with Crippen LogP contribution in [0.2, 0.25) is 0 Å². The van der Waals surface area contributed by atoms with Gasteiger partial charge in [0, 0.05) is 44.1 Å². The van der Waals surface area contributed by atoms with Crippen molar-refractivity contribution in [2.24, 2.45) is 0 Å². The third-order valence-electron chi connectivity index (χ3n) is 5.56. The zero-order valence-corrected chi connectivity index (χ0v) is 17.4. The number of amides is 2. The first kappa shape index (κ1) is 21.4. The molecule has 0 atom stereocenters. The maximum atomic E-state index is 13.2. The van der Waals surface area contributed by atoms with Crippen LogP contribution in [-0.4, -0.2) is 47.2 Å². The second-order valence-electron chi connectivity index (χ2n) is 7.30. The van der Waals surface area contributed by atoms with Gasteiger partial charge < -0.3 is 24.7 Å². The van der Waals surface area contributed by atoms with Crippen molar-refractivity contribution >= 4 is 17.5 Å². The van der Waals surface area contributed by atoms with Crippen molar-refractivity contribution in [1.82, 2.24) is 4.90 Å². The van der Waals surface area contributed by atoms with E-state index < -0.39 is 0 Å². The van der Waals surface area contributed by atoms with Crippen molar-refractivity contribution in [3.63, 3.8) is 0 Å². The van der Waals surface area contributed by atoms with Gasteiger partial charge in [-0.2, -0.15) is 0 Å². The van der Waals surface area contributed by atoms with E-state index in [2.05, 4.69) is 6.58 Å². The van der Waals surface area contributed by atoms with E-state index in [1.54, 1.807) is 30.8 Å². The molecular weight excluding hydrogens is 384 g/mol. The molecule has 0 fully saturated rings. The molecule has 0 unspecified atom stereocenters. The van der Waals surface area contributed by atoms with Gasteiger partial charge in [-0.3, -0.25) is 9.59 Å². The SMILES string of the molecule is C=CC(=O)N(CCOC)c1cccc2c1CN(C(=O)c1c(O)cc(O)c(C)c1C)C2. The molecule has 0 saturated heterocycles. The first-order valence-electron chi connectivity index (χ1n) is 9.65. The molecule has 7 nitrogen and oxygen atoms in total. The lowest BCUT2D eigenvalue weighted by atomic mass is 10.00. The predicted octanol–water partition coefficient (Wildman–Crippen LogP) is 3.04. The second kappa shape index (κ2) is 8.59. The second-order valence-corrected chi connectivity index (χ2v) is 7.30. The molecule has 2 aromatic rings. The first-order valence-corrected chi connectivity index (χ1v) is 9.65. The highest BCUT2D eigenvalue weighted by atomic mass is 16.5. The summed E-state index contributed by atoms with van der Waals surface area (Å²) in [5, 5.41) is 20.2. The largest absolute Gasteiger partial charge is 0.508 e. The van der Waals surface area contributed by atoms with E-state index in [0.29, 0.717) is 43.1 Å². The Morgan fingerprint density at radius 3 is 2.60 bits per heavy atom.